The average Bonchev–Trinajstić information content (AvgIpc) is 2.51. The molecular weight excluding hydrogens is 278 g/mol. The van der Waals surface area contributed by atoms with E-state index in [1.54, 1.807) is 31.2 Å². The van der Waals surface area contributed by atoms with Gasteiger partial charge in [-0.25, -0.2) is 5.43 Å². The van der Waals surface area contributed by atoms with E-state index in [0.29, 0.717) is 0 Å². The molecule has 0 fully saturated rings. The number of carbonyl (C=O) groups is 1. The number of amides is 1. The van der Waals surface area contributed by atoms with Crippen molar-refractivity contribution >= 4 is 17.8 Å². The SMILES string of the molecule is Cc1ccc(NC(C)C(=O)N/N=C/c2ccc(O)cc2)cc1. The van der Waals surface area contributed by atoms with E-state index in [4.69, 9.17) is 0 Å². The number of rotatable bonds is 5. The van der Waals surface area contributed by atoms with E-state index in [1.165, 1.54) is 11.8 Å². The number of nitrogens with zero attached hydrogens (tertiary/aromatic N) is 1. The Balaban J connectivity index is 1.85. The number of hydrazone groups is 1. The van der Waals surface area contributed by atoms with Gasteiger partial charge in [0.2, 0.25) is 0 Å². The van der Waals surface area contributed by atoms with Crippen molar-refractivity contribution < 1.29 is 9.90 Å². The van der Waals surface area contributed by atoms with Crippen molar-refractivity contribution in [1.29, 1.82) is 0 Å². The molecule has 1 amide bonds. The van der Waals surface area contributed by atoms with Crippen LogP contribution in [0.2, 0.25) is 0 Å². The molecular formula is C17H19N3O2. The minimum Gasteiger partial charge on any atom is -0.508 e. The first-order chi connectivity index (χ1) is 10.5. The first-order valence-electron chi connectivity index (χ1n) is 7.00. The van der Waals surface area contributed by atoms with Gasteiger partial charge in [-0.3, -0.25) is 4.79 Å². The number of hydrogen-bond donors (Lipinski definition) is 3. The van der Waals surface area contributed by atoms with Crippen LogP contribution in [0.25, 0.3) is 0 Å². The van der Waals surface area contributed by atoms with Crippen LogP contribution in [0.1, 0.15) is 18.1 Å². The van der Waals surface area contributed by atoms with E-state index < -0.39 is 6.04 Å². The first kappa shape index (κ1) is 15.6. The maximum atomic E-state index is 11.9. The minimum atomic E-state index is -0.403. The summed E-state index contributed by atoms with van der Waals surface area (Å²) in [5, 5.41) is 16.2. The Labute approximate surface area is 129 Å². The Morgan fingerprint density at radius 3 is 2.41 bits per heavy atom. The van der Waals surface area contributed by atoms with Gasteiger partial charge in [0, 0.05) is 5.69 Å². The van der Waals surface area contributed by atoms with Crippen LogP contribution >= 0.6 is 0 Å². The van der Waals surface area contributed by atoms with Crippen LogP contribution in [0.5, 0.6) is 5.75 Å². The van der Waals surface area contributed by atoms with E-state index in [2.05, 4.69) is 15.8 Å². The van der Waals surface area contributed by atoms with Crippen molar-refractivity contribution in [2.45, 2.75) is 19.9 Å². The van der Waals surface area contributed by atoms with E-state index in [1.807, 2.05) is 31.2 Å². The molecule has 22 heavy (non-hydrogen) atoms. The highest BCUT2D eigenvalue weighted by atomic mass is 16.3. The molecule has 0 aliphatic carbocycles. The van der Waals surface area contributed by atoms with Crippen molar-refractivity contribution in [2.75, 3.05) is 5.32 Å². The maximum Gasteiger partial charge on any atom is 0.262 e. The smallest absolute Gasteiger partial charge is 0.262 e. The van der Waals surface area contributed by atoms with Gasteiger partial charge in [-0.15, -0.1) is 0 Å². The number of phenolic OH excluding ortho intramolecular Hbond substituents is 1. The highest BCUT2D eigenvalue weighted by Gasteiger charge is 2.11. The molecule has 0 spiro atoms. The second-order valence-corrected chi connectivity index (χ2v) is 5.06. The molecule has 1 unspecified atom stereocenters. The lowest BCUT2D eigenvalue weighted by Gasteiger charge is -2.13. The normalized spacial score (nSPS) is 12.1. The third kappa shape index (κ3) is 4.63. The lowest BCUT2D eigenvalue weighted by atomic mass is 10.2. The Hall–Kier alpha value is -2.82. The van der Waals surface area contributed by atoms with Crippen LogP contribution < -0.4 is 10.7 Å². The molecule has 0 aliphatic heterocycles. The zero-order valence-electron chi connectivity index (χ0n) is 12.6. The predicted octanol–water partition coefficient (Wildman–Crippen LogP) is 2.65. The van der Waals surface area contributed by atoms with Gasteiger partial charge in [-0.1, -0.05) is 17.7 Å². The van der Waals surface area contributed by atoms with Crippen molar-refractivity contribution in [3.05, 3.63) is 59.7 Å². The number of phenols is 1. The van der Waals surface area contributed by atoms with Gasteiger partial charge in [-0.2, -0.15) is 5.10 Å². The highest BCUT2D eigenvalue weighted by Crippen LogP contribution is 2.10. The largest absolute Gasteiger partial charge is 0.508 e. The summed E-state index contributed by atoms with van der Waals surface area (Å²) in [6.45, 7) is 3.78. The van der Waals surface area contributed by atoms with Crippen molar-refractivity contribution in [2.24, 2.45) is 5.10 Å². The second-order valence-electron chi connectivity index (χ2n) is 5.06. The molecule has 5 heteroatoms. The fourth-order valence-corrected chi connectivity index (χ4v) is 1.79. The molecule has 0 heterocycles. The quantitative estimate of drug-likeness (QED) is 0.587. The summed E-state index contributed by atoms with van der Waals surface area (Å²) >= 11 is 0. The minimum absolute atomic E-state index is 0.192. The van der Waals surface area contributed by atoms with Crippen LogP contribution in [-0.4, -0.2) is 23.3 Å². The topological polar surface area (TPSA) is 73.7 Å². The van der Waals surface area contributed by atoms with Gasteiger partial charge in [0.25, 0.3) is 5.91 Å². The summed E-state index contributed by atoms with van der Waals surface area (Å²) in [6.07, 6.45) is 1.52. The van der Waals surface area contributed by atoms with E-state index in [0.717, 1.165) is 11.3 Å². The van der Waals surface area contributed by atoms with E-state index in [9.17, 15) is 9.90 Å². The predicted molar refractivity (Wildman–Crippen MR) is 88.1 cm³/mol. The maximum absolute atomic E-state index is 11.9. The summed E-state index contributed by atoms with van der Waals surface area (Å²) in [5.74, 6) is -0.0345. The summed E-state index contributed by atoms with van der Waals surface area (Å²) < 4.78 is 0. The molecule has 2 aromatic carbocycles. The number of anilines is 1. The number of carbonyl (C=O) groups excluding carboxylic acids is 1. The molecule has 5 nitrogen and oxygen atoms in total. The average molecular weight is 297 g/mol. The lowest BCUT2D eigenvalue weighted by Crippen LogP contribution is -2.34. The molecule has 0 radical (unpaired) electrons. The summed E-state index contributed by atoms with van der Waals surface area (Å²) in [7, 11) is 0. The molecule has 0 bridgehead atoms. The molecule has 2 rings (SSSR count). The van der Waals surface area contributed by atoms with Gasteiger partial charge in [-0.05, 0) is 55.8 Å². The highest BCUT2D eigenvalue weighted by molar-refractivity contribution is 5.86. The van der Waals surface area contributed by atoms with Crippen LogP contribution in [-0.2, 0) is 4.79 Å². The standard InChI is InChI=1S/C17H19N3O2/c1-12-3-7-15(8-4-12)19-13(2)17(22)20-18-11-14-5-9-16(21)10-6-14/h3-11,13,19,21H,1-2H3,(H,20,22)/b18-11+. The molecule has 3 N–H and O–H groups in total. The van der Waals surface area contributed by atoms with E-state index in [-0.39, 0.29) is 11.7 Å². The van der Waals surface area contributed by atoms with Crippen LogP contribution in [0.3, 0.4) is 0 Å². The Morgan fingerprint density at radius 2 is 1.77 bits per heavy atom. The van der Waals surface area contributed by atoms with Gasteiger partial charge < -0.3 is 10.4 Å². The van der Waals surface area contributed by atoms with Gasteiger partial charge in [0.15, 0.2) is 0 Å². The zero-order valence-corrected chi connectivity index (χ0v) is 12.6. The van der Waals surface area contributed by atoms with Gasteiger partial charge in [0.05, 0.1) is 6.21 Å². The molecule has 0 saturated carbocycles. The first-order valence-corrected chi connectivity index (χ1v) is 7.00. The zero-order chi connectivity index (χ0) is 15.9. The number of benzene rings is 2. The summed E-state index contributed by atoms with van der Waals surface area (Å²) in [6, 6.07) is 14.0. The third-order valence-electron chi connectivity index (χ3n) is 3.11. The molecule has 2 aromatic rings. The van der Waals surface area contributed by atoms with Crippen LogP contribution in [0.4, 0.5) is 5.69 Å². The number of aryl methyl sites for hydroxylation is 1. The fourth-order valence-electron chi connectivity index (χ4n) is 1.79. The van der Waals surface area contributed by atoms with Crippen molar-refractivity contribution in [3.8, 4) is 5.75 Å². The van der Waals surface area contributed by atoms with Crippen LogP contribution in [0, 0.1) is 6.92 Å². The molecule has 0 aromatic heterocycles. The number of nitrogens with one attached hydrogen (secondary N) is 2. The second kappa shape index (κ2) is 7.26. The third-order valence-corrected chi connectivity index (χ3v) is 3.11. The molecule has 0 saturated heterocycles. The lowest BCUT2D eigenvalue weighted by molar-refractivity contribution is -0.121. The Morgan fingerprint density at radius 1 is 1.14 bits per heavy atom. The Bertz CT molecular complexity index is 649. The van der Waals surface area contributed by atoms with Crippen molar-refractivity contribution in [3.63, 3.8) is 0 Å². The van der Waals surface area contributed by atoms with E-state index >= 15 is 0 Å². The number of hydrogen-bond acceptors (Lipinski definition) is 4. The van der Waals surface area contributed by atoms with Gasteiger partial charge >= 0.3 is 0 Å². The van der Waals surface area contributed by atoms with Crippen LogP contribution in [0.15, 0.2) is 53.6 Å². The fraction of sp³-hybridized carbons (Fsp3) is 0.176. The number of aromatic hydroxyl groups is 1. The summed E-state index contributed by atoms with van der Waals surface area (Å²) in [4.78, 5) is 11.9. The Kier molecular flexibility index (Phi) is 5.14. The van der Waals surface area contributed by atoms with Gasteiger partial charge in [0.1, 0.15) is 11.8 Å². The molecule has 0 aliphatic rings. The summed E-state index contributed by atoms with van der Waals surface area (Å²) in [5.41, 5.74) is 5.32. The molecule has 1 atom stereocenters. The monoisotopic (exact) mass is 297 g/mol. The molecule has 114 valence electrons. The van der Waals surface area contributed by atoms with Crippen molar-refractivity contribution in [1.82, 2.24) is 5.43 Å².